The Morgan fingerprint density at radius 3 is 2.36 bits per heavy atom. The monoisotopic (exact) mass is 219 g/mol. The molecule has 0 aliphatic heterocycles. The standard InChI is InChI=1S/C7H9NO5S/c1-3-6(2)4-7(8(9)10)5-14(11,12)13/h3-5H,1H2,2H3,(H,11,12,13)/b6-4-,7-5-. The zero-order valence-electron chi connectivity index (χ0n) is 7.37. The first kappa shape index (κ1) is 12.5. The second kappa shape index (κ2) is 4.68. The number of nitro groups is 1. The fourth-order valence-corrected chi connectivity index (χ4v) is 1.03. The average molecular weight is 219 g/mol. The third-order valence-corrected chi connectivity index (χ3v) is 1.72. The average Bonchev–Trinajstić information content (AvgIpc) is 2.00. The molecule has 7 heteroatoms. The van der Waals surface area contributed by atoms with E-state index in [-0.39, 0.29) is 5.41 Å². The van der Waals surface area contributed by atoms with Crippen molar-refractivity contribution in [2.45, 2.75) is 6.92 Å². The van der Waals surface area contributed by atoms with Gasteiger partial charge in [-0.1, -0.05) is 12.7 Å². The Kier molecular flexibility index (Phi) is 4.19. The highest BCUT2D eigenvalue weighted by atomic mass is 32.2. The fraction of sp³-hybridized carbons (Fsp3) is 0.143. The van der Waals surface area contributed by atoms with E-state index >= 15 is 0 Å². The van der Waals surface area contributed by atoms with Crippen molar-refractivity contribution in [1.82, 2.24) is 0 Å². The minimum absolute atomic E-state index is 0.167. The van der Waals surface area contributed by atoms with Crippen molar-refractivity contribution in [1.29, 1.82) is 0 Å². The SMILES string of the molecule is C=C/C(C)=C\C(=C\S(=O)(=O)O)[N+](=O)[O-]. The molecule has 0 spiro atoms. The minimum atomic E-state index is -4.50. The Bertz CT molecular complexity index is 404. The maximum Gasteiger partial charge on any atom is 0.294 e. The van der Waals surface area contributed by atoms with Gasteiger partial charge in [-0.05, 0) is 12.5 Å². The van der Waals surface area contributed by atoms with Gasteiger partial charge in [0, 0.05) is 6.08 Å². The van der Waals surface area contributed by atoms with Crippen LogP contribution in [0.15, 0.2) is 35.4 Å². The fourth-order valence-electron chi connectivity index (χ4n) is 0.575. The van der Waals surface area contributed by atoms with Crippen molar-refractivity contribution >= 4 is 10.1 Å². The van der Waals surface area contributed by atoms with E-state index in [2.05, 4.69) is 6.58 Å². The van der Waals surface area contributed by atoms with Gasteiger partial charge in [0.05, 0.1) is 4.92 Å². The van der Waals surface area contributed by atoms with Crippen molar-refractivity contribution < 1.29 is 17.9 Å². The van der Waals surface area contributed by atoms with Crippen LogP contribution in [0.1, 0.15) is 6.92 Å². The topological polar surface area (TPSA) is 97.5 Å². The zero-order chi connectivity index (χ0) is 11.4. The van der Waals surface area contributed by atoms with E-state index in [0.29, 0.717) is 5.57 Å². The van der Waals surface area contributed by atoms with Crippen LogP contribution in [0.4, 0.5) is 0 Å². The Labute approximate surface area is 81.1 Å². The molecule has 0 fully saturated rings. The Morgan fingerprint density at radius 2 is 2.07 bits per heavy atom. The van der Waals surface area contributed by atoms with E-state index in [9.17, 15) is 18.5 Å². The molecule has 0 saturated carbocycles. The third-order valence-electron chi connectivity index (χ3n) is 1.18. The molecule has 0 bridgehead atoms. The second-order valence-electron chi connectivity index (χ2n) is 2.41. The number of allylic oxidation sites excluding steroid dienone is 3. The highest BCUT2D eigenvalue weighted by Crippen LogP contribution is 2.06. The first-order valence-electron chi connectivity index (χ1n) is 3.40. The summed E-state index contributed by atoms with van der Waals surface area (Å²) in [5, 5.41) is 10.5. The molecule has 78 valence electrons. The maximum absolute atomic E-state index is 10.3. The van der Waals surface area contributed by atoms with Gasteiger partial charge in [-0.25, -0.2) is 0 Å². The van der Waals surface area contributed by atoms with Gasteiger partial charge in [0.15, 0.2) is 0 Å². The molecule has 0 radical (unpaired) electrons. The molecule has 0 atom stereocenters. The number of hydrogen-bond acceptors (Lipinski definition) is 4. The van der Waals surface area contributed by atoms with Gasteiger partial charge in [0.1, 0.15) is 5.41 Å². The summed E-state index contributed by atoms with van der Waals surface area (Å²) in [5.41, 5.74) is -0.304. The van der Waals surface area contributed by atoms with E-state index in [1.807, 2.05) is 0 Å². The number of hydrogen-bond donors (Lipinski definition) is 1. The lowest BCUT2D eigenvalue weighted by molar-refractivity contribution is -0.418. The van der Waals surface area contributed by atoms with Crippen LogP contribution in [0, 0.1) is 10.1 Å². The molecule has 0 aliphatic carbocycles. The number of rotatable bonds is 4. The molecule has 0 unspecified atom stereocenters. The van der Waals surface area contributed by atoms with Gasteiger partial charge < -0.3 is 0 Å². The van der Waals surface area contributed by atoms with Crippen molar-refractivity contribution in [3.8, 4) is 0 Å². The predicted molar refractivity (Wildman–Crippen MR) is 50.6 cm³/mol. The van der Waals surface area contributed by atoms with Crippen LogP contribution in [-0.2, 0) is 10.1 Å². The van der Waals surface area contributed by atoms with E-state index in [4.69, 9.17) is 4.55 Å². The Hall–Kier alpha value is -1.47. The third kappa shape index (κ3) is 5.22. The van der Waals surface area contributed by atoms with Gasteiger partial charge in [0.2, 0.25) is 0 Å². The lowest BCUT2D eigenvalue weighted by Gasteiger charge is -1.92. The van der Waals surface area contributed by atoms with Gasteiger partial charge in [-0.3, -0.25) is 14.7 Å². The molecule has 0 aromatic rings. The summed E-state index contributed by atoms with van der Waals surface area (Å²) in [6, 6.07) is 0. The molecular weight excluding hydrogens is 210 g/mol. The summed E-state index contributed by atoms with van der Waals surface area (Å²) >= 11 is 0. The first-order chi connectivity index (χ1) is 6.26. The molecule has 1 N–H and O–H groups in total. The van der Waals surface area contributed by atoms with Crippen molar-refractivity contribution in [3.05, 3.63) is 45.5 Å². The van der Waals surface area contributed by atoms with Gasteiger partial charge in [-0.15, -0.1) is 0 Å². The molecule has 0 heterocycles. The normalized spacial score (nSPS) is 13.9. The molecule has 14 heavy (non-hydrogen) atoms. The predicted octanol–water partition coefficient (Wildman–Crippen LogP) is 1.12. The maximum atomic E-state index is 10.3. The highest BCUT2D eigenvalue weighted by Gasteiger charge is 2.12. The van der Waals surface area contributed by atoms with Crippen molar-refractivity contribution in [2.24, 2.45) is 0 Å². The molecule has 0 aromatic heterocycles. The van der Waals surface area contributed by atoms with Crippen LogP contribution in [-0.4, -0.2) is 17.9 Å². The highest BCUT2D eigenvalue weighted by molar-refractivity contribution is 7.88. The summed E-state index contributed by atoms with van der Waals surface area (Å²) in [6.45, 7) is 4.85. The summed E-state index contributed by atoms with van der Waals surface area (Å²) in [7, 11) is -4.50. The molecule has 0 aromatic carbocycles. The smallest absolute Gasteiger partial charge is 0.282 e. The summed E-state index contributed by atoms with van der Waals surface area (Å²) in [6.07, 6.45) is 2.31. The first-order valence-corrected chi connectivity index (χ1v) is 4.91. The van der Waals surface area contributed by atoms with Crippen LogP contribution < -0.4 is 0 Å². The van der Waals surface area contributed by atoms with Crippen LogP contribution >= 0.6 is 0 Å². The number of nitrogens with zero attached hydrogens (tertiary/aromatic N) is 1. The molecule has 0 saturated heterocycles. The van der Waals surface area contributed by atoms with Crippen LogP contribution in [0.5, 0.6) is 0 Å². The van der Waals surface area contributed by atoms with Crippen LogP contribution in [0.2, 0.25) is 0 Å². The van der Waals surface area contributed by atoms with Crippen molar-refractivity contribution in [3.63, 3.8) is 0 Å². The van der Waals surface area contributed by atoms with E-state index < -0.39 is 20.7 Å². The lowest BCUT2D eigenvalue weighted by atomic mass is 10.2. The molecule has 0 amide bonds. The zero-order valence-corrected chi connectivity index (χ0v) is 8.19. The van der Waals surface area contributed by atoms with Gasteiger partial charge in [-0.2, -0.15) is 8.42 Å². The van der Waals surface area contributed by atoms with Crippen LogP contribution in [0.3, 0.4) is 0 Å². The van der Waals surface area contributed by atoms with Crippen LogP contribution in [0.25, 0.3) is 0 Å². The van der Waals surface area contributed by atoms with E-state index in [1.165, 1.54) is 13.0 Å². The van der Waals surface area contributed by atoms with Crippen molar-refractivity contribution in [2.75, 3.05) is 0 Å². The summed E-state index contributed by atoms with van der Waals surface area (Å²) < 4.78 is 29.0. The second-order valence-corrected chi connectivity index (χ2v) is 3.67. The largest absolute Gasteiger partial charge is 0.294 e. The quantitative estimate of drug-likeness (QED) is 0.330. The molecule has 0 aliphatic rings. The Morgan fingerprint density at radius 1 is 1.57 bits per heavy atom. The minimum Gasteiger partial charge on any atom is -0.282 e. The molecule has 6 nitrogen and oxygen atoms in total. The Balaban J connectivity index is 5.30. The van der Waals surface area contributed by atoms with Gasteiger partial charge >= 0.3 is 0 Å². The summed E-state index contributed by atoms with van der Waals surface area (Å²) in [5.74, 6) is 0. The van der Waals surface area contributed by atoms with E-state index in [0.717, 1.165) is 6.08 Å². The lowest BCUT2D eigenvalue weighted by Crippen LogP contribution is -2.01. The summed E-state index contributed by atoms with van der Waals surface area (Å²) in [4.78, 5) is 9.40. The molecular formula is C7H9NO5S. The molecule has 0 rings (SSSR count). The van der Waals surface area contributed by atoms with E-state index in [1.54, 1.807) is 0 Å². The van der Waals surface area contributed by atoms with Gasteiger partial charge in [0.25, 0.3) is 15.8 Å².